The van der Waals surface area contributed by atoms with Gasteiger partial charge in [-0.3, -0.25) is 9.69 Å². The summed E-state index contributed by atoms with van der Waals surface area (Å²) in [5, 5.41) is 7.15. The number of piperidine rings is 1. The molecule has 1 saturated heterocycles. The van der Waals surface area contributed by atoms with E-state index in [1.54, 1.807) is 7.11 Å². The standard InChI is InChI=1S/C24H26N4O5/c1-30-19-7-5-17(6-8-19)23-26-22(33-27-23)14-28-10-2-3-18(13-28)24(29)25-12-16-4-9-20-21(11-16)32-15-31-20/h4-9,11,18H,2-3,10,12-15H2,1H3,(H,25,29). The van der Waals surface area contributed by atoms with E-state index in [1.165, 1.54) is 0 Å². The zero-order valence-electron chi connectivity index (χ0n) is 18.5. The van der Waals surface area contributed by atoms with E-state index >= 15 is 0 Å². The number of carbonyl (C=O) groups is 1. The van der Waals surface area contributed by atoms with E-state index in [0.717, 1.165) is 47.8 Å². The number of methoxy groups -OCH3 is 1. The number of nitrogens with zero attached hydrogens (tertiary/aromatic N) is 3. The summed E-state index contributed by atoms with van der Waals surface area (Å²) in [7, 11) is 1.63. The number of amides is 1. The van der Waals surface area contributed by atoms with Gasteiger partial charge in [-0.05, 0) is 61.3 Å². The molecule has 5 rings (SSSR count). The van der Waals surface area contributed by atoms with E-state index in [4.69, 9.17) is 18.7 Å². The predicted octanol–water partition coefficient (Wildman–Crippen LogP) is 3.00. The molecule has 2 aromatic carbocycles. The summed E-state index contributed by atoms with van der Waals surface area (Å²) >= 11 is 0. The maximum Gasteiger partial charge on any atom is 0.241 e. The molecule has 1 aromatic heterocycles. The molecule has 9 heteroatoms. The average molecular weight is 450 g/mol. The molecule has 2 aliphatic heterocycles. The number of hydrogen-bond donors (Lipinski definition) is 1. The van der Waals surface area contributed by atoms with Crippen molar-refractivity contribution in [3.63, 3.8) is 0 Å². The predicted molar refractivity (Wildman–Crippen MR) is 119 cm³/mol. The summed E-state index contributed by atoms with van der Waals surface area (Å²) in [5.41, 5.74) is 1.85. The van der Waals surface area contributed by atoms with Crippen LogP contribution in [0.1, 0.15) is 24.3 Å². The van der Waals surface area contributed by atoms with Gasteiger partial charge in [-0.1, -0.05) is 11.2 Å². The van der Waals surface area contributed by atoms with Crippen LogP contribution in [0.2, 0.25) is 0 Å². The molecule has 0 saturated carbocycles. The molecular formula is C24H26N4O5. The van der Waals surface area contributed by atoms with Crippen molar-refractivity contribution in [2.75, 3.05) is 27.0 Å². The molecule has 0 bridgehead atoms. The Kier molecular flexibility index (Phi) is 6.12. The number of ether oxygens (including phenoxy) is 3. The third kappa shape index (κ3) is 4.93. The summed E-state index contributed by atoms with van der Waals surface area (Å²) in [5.74, 6) is 3.31. The minimum atomic E-state index is -0.0725. The molecule has 9 nitrogen and oxygen atoms in total. The topological polar surface area (TPSA) is 99.0 Å². The number of hydrogen-bond acceptors (Lipinski definition) is 8. The number of fused-ring (bicyclic) bond motifs is 1. The Hall–Kier alpha value is -3.59. The lowest BCUT2D eigenvalue weighted by Crippen LogP contribution is -2.42. The highest BCUT2D eigenvalue weighted by Gasteiger charge is 2.27. The lowest BCUT2D eigenvalue weighted by atomic mass is 9.97. The quantitative estimate of drug-likeness (QED) is 0.587. The maximum atomic E-state index is 12.8. The molecule has 0 radical (unpaired) electrons. The highest BCUT2D eigenvalue weighted by molar-refractivity contribution is 5.79. The van der Waals surface area contributed by atoms with Crippen LogP contribution in [0, 0.1) is 5.92 Å². The van der Waals surface area contributed by atoms with E-state index in [1.807, 2.05) is 42.5 Å². The second kappa shape index (κ2) is 9.50. The number of rotatable bonds is 7. The van der Waals surface area contributed by atoms with Crippen molar-refractivity contribution < 1.29 is 23.5 Å². The number of nitrogens with one attached hydrogen (secondary N) is 1. The van der Waals surface area contributed by atoms with Crippen molar-refractivity contribution in [3.05, 3.63) is 53.9 Å². The zero-order valence-corrected chi connectivity index (χ0v) is 18.5. The Morgan fingerprint density at radius 2 is 2.03 bits per heavy atom. The van der Waals surface area contributed by atoms with Gasteiger partial charge in [0.1, 0.15) is 5.75 Å². The Labute approximate surface area is 191 Å². The molecule has 1 unspecified atom stereocenters. The van der Waals surface area contributed by atoms with Crippen LogP contribution >= 0.6 is 0 Å². The van der Waals surface area contributed by atoms with E-state index in [9.17, 15) is 4.79 Å². The minimum Gasteiger partial charge on any atom is -0.497 e. The Morgan fingerprint density at radius 1 is 1.18 bits per heavy atom. The fourth-order valence-electron chi connectivity index (χ4n) is 4.17. The number of aromatic nitrogens is 2. The van der Waals surface area contributed by atoms with Crippen LogP contribution in [0.5, 0.6) is 17.2 Å². The molecule has 1 N–H and O–H groups in total. The third-order valence-electron chi connectivity index (χ3n) is 5.96. The van der Waals surface area contributed by atoms with Gasteiger partial charge in [-0.25, -0.2) is 0 Å². The van der Waals surface area contributed by atoms with Crippen LogP contribution in [-0.4, -0.2) is 47.9 Å². The van der Waals surface area contributed by atoms with Gasteiger partial charge in [0.05, 0.1) is 19.6 Å². The summed E-state index contributed by atoms with van der Waals surface area (Å²) in [6.07, 6.45) is 1.81. The number of carbonyl (C=O) groups excluding carboxylic acids is 1. The van der Waals surface area contributed by atoms with Gasteiger partial charge in [-0.15, -0.1) is 0 Å². The van der Waals surface area contributed by atoms with E-state index in [0.29, 0.717) is 31.3 Å². The Morgan fingerprint density at radius 3 is 2.88 bits per heavy atom. The maximum absolute atomic E-state index is 12.8. The summed E-state index contributed by atoms with van der Waals surface area (Å²) in [6.45, 7) is 2.78. The van der Waals surface area contributed by atoms with Crippen LogP contribution < -0.4 is 19.5 Å². The third-order valence-corrected chi connectivity index (χ3v) is 5.96. The first kappa shape index (κ1) is 21.3. The average Bonchev–Trinajstić information content (AvgIpc) is 3.52. The Bertz CT molecular complexity index is 1110. The fourth-order valence-corrected chi connectivity index (χ4v) is 4.17. The SMILES string of the molecule is COc1ccc(-c2noc(CN3CCCC(C(=O)NCc4ccc5c(c4)OCO5)C3)n2)cc1. The van der Waals surface area contributed by atoms with E-state index in [-0.39, 0.29) is 18.6 Å². The van der Waals surface area contributed by atoms with Gasteiger partial charge in [0.15, 0.2) is 11.5 Å². The van der Waals surface area contributed by atoms with Gasteiger partial charge in [0, 0.05) is 18.7 Å². The minimum absolute atomic E-state index is 0.0572. The van der Waals surface area contributed by atoms with Crippen molar-refractivity contribution in [3.8, 4) is 28.6 Å². The van der Waals surface area contributed by atoms with Gasteiger partial charge < -0.3 is 24.1 Å². The second-order valence-corrected chi connectivity index (χ2v) is 8.22. The molecule has 3 aromatic rings. The van der Waals surface area contributed by atoms with Gasteiger partial charge >= 0.3 is 0 Å². The monoisotopic (exact) mass is 450 g/mol. The highest BCUT2D eigenvalue weighted by Crippen LogP contribution is 2.32. The van der Waals surface area contributed by atoms with Crippen LogP contribution in [0.4, 0.5) is 0 Å². The summed E-state index contributed by atoms with van der Waals surface area (Å²) in [6, 6.07) is 13.2. The second-order valence-electron chi connectivity index (χ2n) is 8.22. The molecular weight excluding hydrogens is 424 g/mol. The molecule has 33 heavy (non-hydrogen) atoms. The molecule has 172 valence electrons. The van der Waals surface area contributed by atoms with E-state index < -0.39 is 0 Å². The number of likely N-dealkylation sites (tertiary alicyclic amines) is 1. The lowest BCUT2D eigenvalue weighted by molar-refractivity contribution is -0.127. The first-order valence-electron chi connectivity index (χ1n) is 11.0. The largest absolute Gasteiger partial charge is 0.497 e. The van der Waals surface area contributed by atoms with Crippen LogP contribution in [0.3, 0.4) is 0 Å². The van der Waals surface area contributed by atoms with Crippen molar-refractivity contribution >= 4 is 5.91 Å². The summed E-state index contributed by atoms with van der Waals surface area (Å²) < 4.78 is 21.4. The molecule has 0 aliphatic carbocycles. The van der Waals surface area contributed by atoms with Crippen molar-refractivity contribution in [1.82, 2.24) is 20.4 Å². The molecule has 3 heterocycles. The van der Waals surface area contributed by atoms with Gasteiger partial charge in [0.25, 0.3) is 0 Å². The molecule has 1 fully saturated rings. The van der Waals surface area contributed by atoms with E-state index in [2.05, 4.69) is 20.4 Å². The molecule has 0 spiro atoms. The van der Waals surface area contributed by atoms with Crippen LogP contribution in [0.25, 0.3) is 11.4 Å². The lowest BCUT2D eigenvalue weighted by Gasteiger charge is -2.30. The number of benzene rings is 2. The summed E-state index contributed by atoms with van der Waals surface area (Å²) in [4.78, 5) is 19.5. The van der Waals surface area contributed by atoms with Crippen molar-refractivity contribution in [1.29, 1.82) is 0 Å². The molecule has 1 amide bonds. The van der Waals surface area contributed by atoms with Gasteiger partial charge in [0.2, 0.25) is 24.4 Å². The molecule has 2 aliphatic rings. The molecule has 1 atom stereocenters. The van der Waals surface area contributed by atoms with Crippen LogP contribution in [0.15, 0.2) is 47.0 Å². The first-order valence-corrected chi connectivity index (χ1v) is 11.0. The van der Waals surface area contributed by atoms with Crippen molar-refractivity contribution in [2.45, 2.75) is 25.9 Å². The smallest absolute Gasteiger partial charge is 0.241 e. The fraction of sp³-hybridized carbons (Fsp3) is 0.375. The first-order chi connectivity index (χ1) is 16.2. The van der Waals surface area contributed by atoms with Gasteiger partial charge in [-0.2, -0.15) is 4.98 Å². The Balaban J connectivity index is 1.14. The van der Waals surface area contributed by atoms with Crippen molar-refractivity contribution in [2.24, 2.45) is 5.92 Å². The van der Waals surface area contributed by atoms with Crippen LogP contribution in [-0.2, 0) is 17.9 Å². The normalized spacial score (nSPS) is 17.7. The highest BCUT2D eigenvalue weighted by atomic mass is 16.7. The zero-order chi connectivity index (χ0) is 22.6.